The largest absolute Gasteiger partial charge is 0.462 e. The predicted octanol–water partition coefficient (Wildman–Crippen LogP) is 18.3. The Kier molecular flexibility index (Phi) is 51.5. The van der Waals surface area contributed by atoms with Crippen molar-refractivity contribution in [2.45, 2.75) is 245 Å². The molecule has 0 aromatic carbocycles. The number of rotatable bonds is 48. The van der Waals surface area contributed by atoms with Crippen molar-refractivity contribution >= 4 is 17.9 Å². The van der Waals surface area contributed by atoms with Crippen LogP contribution in [0.25, 0.3) is 0 Å². The summed E-state index contributed by atoms with van der Waals surface area (Å²) in [7, 11) is 0. The smallest absolute Gasteiger partial charge is 0.306 e. The Bertz CT molecular complexity index is 1390. The molecule has 0 amide bonds. The first-order chi connectivity index (χ1) is 33.0. The van der Waals surface area contributed by atoms with Crippen LogP contribution in [0.3, 0.4) is 0 Å². The van der Waals surface area contributed by atoms with E-state index in [1.165, 1.54) is 89.9 Å². The SMILES string of the molecule is CC/C=C\C/C=C\C/C=C\C/C=C\C/C=C\CCCCCC(=O)OCC(COC(=O)CC/C=C\C/C=C\C/C=C\C/C=C\CC)OC(=O)CCCCCCCCCCCCCCCCCCC. The maximum absolute atomic E-state index is 12.8. The lowest BCUT2D eigenvalue weighted by atomic mass is 10.0. The van der Waals surface area contributed by atoms with Gasteiger partial charge in [-0.2, -0.15) is 0 Å². The molecule has 6 heteroatoms. The van der Waals surface area contributed by atoms with Gasteiger partial charge in [0, 0.05) is 19.3 Å². The Morgan fingerprint density at radius 1 is 0.313 bits per heavy atom. The van der Waals surface area contributed by atoms with Crippen LogP contribution in [0.15, 0.2) is 109 Å². The van der Waals surface area contributed by atoms with Crippen LogP contribution in [0.1, 0.15) is 239 Å². The zero-order valence-electron chi connectivity index (χ0n) is 43.4. The van der Waals surface area contributed by atoms with E-state index in [1.54, 1.807) is 0 Å². The molecule has 0 saturated carbocycles. The maximum Gasteiger partial charge on any atom is 0.306 e. The Morgan fingerprint density at radius 3 is 1.00 bits per heavy atom. The van der Waals surface area contributed by atoms with E-state index in [-0.39, 0.29) is 37.5 Å². The van der Waals surface area contributed by atoms with E-state index >= 15 is 0 Å². The second-order valence-corrected chi connectivity index (χ2v) is 17.7. The molecule has 380 valence electrons. The van der Waals surface area contributed by atoms with Crippen LogP contribution in [0.4, 0.5) is 0 Å². The average molecular weight is 929 g/mol. The first-order valence-corrected chi connectivity index (χ1v) is 27.4. The van der Waals surface area contributed by atoms with Crippen molar-refractivity contribution in [1.29, 1.82) is 0 Å². The highest BCUT2D eigenvalue weighted by molar-refractivity contribution is 5.71. The summed E-state index contributed by atoms with van der Waals surface area (Å²) < 4.78 is 16.7. The number of allylic oxidation sites excluding steroid dienone is 18. The minimum atomic E-state index is -0.820. The van der Waals surface area contributed by atoms with Crippen molar-refractivity contribution in [3.8, 4) is 0 Å². The molecule has 0 aromatic rings. The van der Waals surface area contributed by atoms with Gasteiger partial charge < -0.3 is 14.2 Å². The normalized spacial score (nSPS) is 12.9. The Labute approximate surface area is 412 Å². The predicted molar refractivity (Wildman–Crippen MR) is 288 cm³/mol. The van der Waals surface area contributed by atoms with Gasteiger partial charge in [-0.1, -0.05) is 239 Å². The Hall–Kier alpha value is -3.93. The van der Waals surface area contributed by atoms with Gasteiger partial charge in [0.25, 0.3) is 0 Å². The summed E-state index contributed by atoms with van der Waals surface area (Å²) in [5, 5.41) is 0. The molecular weight excluding hydrogens is 829 g/mol. The van der Waals surface area contributed by atoms with Gasteiger partial charge >= 0.3 is 17.9 Å². The molecule has 67 heavy (non-hydrogen) atoms. The lowest BCUT2D eigenvalue weighted by molar-refractivity contribution is -0.166. The summed E-state index contributed by atoms with van der Waals surface area (Å²) in [4.78, 5) is 38.0. The van der Waals surface area contributed by atoms with Crippen molar-refractivity contribution in [1.82, 2.24) is 0 Å². The highest BCUT2D eigenvalue weighted by atomic mass is 16.6. The highest BCUT2D eigenvalue weighted by Gasteiger charge is 2.19. The second kappa shape index (κ2) is 54.7. The third-order valence-electron chi connectivity index (χ3n) is 11.3. The van der Waals surface area contributed by atoms with E-state index in [0.29, 0.717) is 19.3 Å². The van der Waals surface area contributed by atoms with Gasteiger partial charge in [0.2, 0.25) is 0 Å². The number of ether oxygens (including phenoxy) is 3. The number of esters is 3. The van der Waals surface area contributed by atoms with E-state index in [9.17, 15) is 14.4 Å². The van der Waals surface area contributed by atoms with Crippen molar-refractivity contribution in [2.24, 2.45) is 0 Å². The molecule has 0 heterocycles. The number of hydrogen-bond acceptors (Lipinski definition) is 6. The monoisotopic (exact) mass is 929 g/mol. The fraction of sp³-hybridized carbons (Fsp3) is 0.656. The van der Waals surface area contributed by atoms with E-state index in [1.807, 2.05) is 12.2 Å². The first-order valence-electron chi connectivity index (χ1n) is 27.4. The summed E-state index contributed by atoms with van der Waals surface area (Å²) >= 11 is 0. The molecule has 0 aliphatic carbocycles. The third kappa shape index (κ3) is 52.9. The molecule has 1 atom stereocenters. The molecule has 0 fully saturated rings. The lowest BCUT2D eigenvalue weighted by Crippen LogP contribution is -2.30. The standard InChI is InChI=1S/C61H100O6/c1-4-7-10-13-16-19-22-25-27-29-30-32-33-36-39-42-45-48-51-54-60(63)66-57-58(56-65-59(62)53-50-47-44-41-38-35-24-21-18-15-12-9-6-3)67-61(64)55-52-49-46-43-40-37-34-31-28-26-23-20-17-14-11-8-5-2/h7,9-10,12,16,18-19,21,25,27,30,32,35-36,38-39,44,47,58H,4-6,8,11,13-15,17,20,22-24,26,28-29,31,33-34,37,40-43,45-46,48-57H2,1-3H3/b10-7-,12-9-,19-16-,21-18-,27-25-,32-30-,38-35-,39-36-,47-44-. The first kappa shape index (κ1) is 63.1. The van der Waals surface area contributed by atoms with Gasteiger partial charge in [-0.15, -0.1) is 0 Å². The van der Waals surface area contributed by atoms with Crippen molar-refractivity contribution in [3.63, 3.8) is 0 Å². The molecule has 0 aliphatic rings. The van der Waals surface area contributed by atoms with Crippen LogP contribution in [0, 0.1) is 0 Å². The van der Waals surface area contributed by atoms with E-state index < -0.39 is 6.10 Å². The molecule has 0 N–H and O–H groups in total. The number of unbranched alkanes of at least 4 members (excludes halogenated alkanes) is 19. The van der Waals surface area contributed by atoms with E-state index in [4.69, 9.17) is 14.2 Å². The average Bonchev–Trinajstić information content (AvgIpc) is 3.33. The van der Waals surface area contributed by atoms with Crippen LogP contribution in [0.5, 0.6) is 0 Å². The molecule has 0 bridgehead atoms. The van der Waals surface area contributed by atoms with Gasteiger partial charge in [-0.3, -0.25) is 14.4 Å². The van der Waals surface area contributed by atoms with Crippen LogP contribution in [-0.2, 0) is 28.6 Å². The highest BCUT2D eigenvalue weighted by Crippen LogP contribution is 2.15. The summed E-state index contributed by atoms with van der Waals surface area (Å²) in [6, 6.07) is 0. The molecule has 0 saturated heterocycles. The number of carbonyl (C=O) groups excluding carboxylic acids is 3. The van der Waals surface area contributed by atoms with Crippen LogP contribution in [0.2, 0.25) is 0 Å². The summed E-state index contributed by atoms with van der Waals surface area (Å²) in [6.07, 6.45) is 73.8. The van der Waals surface area contributed by atoms with Gasteiger partial charge in [0.1, 0.15) is 13.2 Å². The molecule has 0 aromatic heterocycles. The third-order valence-corrected chi connectivity index (χ3v) is 11.3. The molecule has 0 radical (unpaired) electrons. The Balaban J connectivity index is 4.50. The lowest BCUT2D eigenvalue weighted by Gasteiger charge is -2.18. The maximum atomic E-state index is 12.8. The molecule has 0 aliphatic heterocycles. The summed E-state index contributed by atoms with van der Waals surface area (Å²) in [5.74, 6) is -1.03. The zero-order chi connectivity index (χ0) is 48.6. The molecule has 0 spiro atoms. The molecular formula is C61H100O6. The number of carbonyl (C=O) groups is 3. The zero-order valence-corrected chi connectivity index (χ0v) is 43.4. The minimum Gasteiger partial charge on any atom is -0.462 e. The van der Waals surface area contributed by atoms with Crippen LogP contribution in [-0.4, -0.2) is 37.2 Å². The quantitative estimate of drug-likeness (QED) is 0.0262. The van der Waals surface area contributed by atoms with Gasteiger partial charge in [-0.25, -0.2) is 0 Å². The second-order valence-electron chi connectivity index (χ2n) is 17.7. The van der Waals surface area contributed by atoms with Gasteiger partial charge in [-0.05, 0) is 89.9 Å². The molecule has 1 unspecified atom stereocenters. The van der Waals surface area contributed by atoms with Gasteiger partial charge in [0.15, 0.2) is 6.10 Å². The minimum absolute atomic E-state index is 0.117. The van der Waals surface area contributed by atoms with E-state index in [2.05, 4.69) is 118 Å². The fourth-order valence-corrected chi connectivity index (χ4v) is 7.25. The van der Waals surface area contributed by atoms with Gasteiger partial charge in [0.05, 0.1) is 0 Å². The number of hydrogen-bond donors (Lipinski definition) is 0. The van der Waals surface area contributed by atoms with Crippen molar-refractivity contribution in [3.05, 3.63) is 109 Å². The summed E-state index contributed by atoms with van der Waals surface area (Å²) in [6.45, 7) is 6.32. The van der Waals surface area contributed by atoms with Crippen molar-refractivity contribution < 1.29 is 28.6 Å². The molecule has 6 nitrogen and oxygen atoms in total. The Morgan fingerprint density at radius 2 is 0.612 bits per heavy atom. The molecule has 0 rings (SSSR count). The van der Waals surface area contributed by atoms with Crippen LogP contribution >= 0.6 is 0 Å². The summed E-state index contributed by atoms with van der Waals surface area (Å²) in [5.41, 5.74) is 0. The van der Waals surface area contributed by atoms with Crippen molar-refractivity contribution in [2.75, 3.05) is 13.2 Å². The fourth-order valence-electron chi connectivity index (χ4n) is 7.25. The van der Waals surface area contributed by atoms with E-state index in [0.717, 1.165) is 103 Å². The van der Waals surface area contributed by atoms with Crippen LogP contribution < -0.4 is 0 Å². The topological polar surface area (TPSA) is 78.9 Å².